The first kappa shape index (κ1) is 30.5. The largest absolute Gasteiger partial charge is 0.505 e. The molecule has 0 radical (unpaired) electrons. The number of aromatic hydroxyl groups is 1. The van der Waals surface area contributed by atoms with Crippen molar-refractivity contribution in [2.45, 2.75) is 58.0 Å². The summed E-state index contributed by atoms with van der Waals surface area (Å²) < 4.78 is 26.3. The van der Waals surface area contributed by atoms with Crippen LogP contribution in [0.15, 0.2) is 65.3 Å². The van der Waals surface area contributed by atoms with E-state index in [0.717, 1.165) is 22.5 Å². The molecular formula is C34H38FNO7. The number of nitrogens with zero attached hydrogens (tertiary/aromatic N) is 1. The van der Waals surface area contributed by atoms with E-state index in [9.17, 15) is 23.9 Å². The number of ether oxygens (including phenoxy) is 2. The highest BCUT2D eigenvalue weighted by molar-refractivity contribution is 6.06. The van der Waals surface area contributed by atoms with Gasteiger partial charge in [-0.2, -0.15) is 0 Å². The van der Waals surface area contributed by atoms with Crippen LogP contribution in [-0.2, 0) is 19.1 Å². The Morgan fingerprint density at radius 1 is 1.07 bits per heavy atom. The number of para-hydroxylation sites is 1. The number of phenols is 1. The average molecular weight is 592 g/mol. The Morgan fingerprint density at radius 2 is 1.86 bits per heavy atom. The number of hydrogen-bond donors (Lipinski definition) is 2. The summed E-state index contributed by atoms with van der Waals surface area (Å²) >= 11 is 0. The molecule has 2 heterocycles. The van der Waals surface area contributed by atoms with E-state index >= 15 is 0 Å². The Labute approximate surface area is 250 Å². The number of benzene rings is 2. The Balaban J connectivity index is 1.32. The fourth-order valence-corrected chi connectivity index (χ4v) is 6.63. The first-order chi connectivity index (χ1) is 20.7. The monoisotopic (exact) mass is 591 g/mol. The maximum atomic E-state index is 13.8. The summed E-state index contributed by atoms with van der Waals surface area (Å²) in [6.45, 7) is 2.92. The van der Waals surface area contributed by atoms with Crippen molar-refractivity contribution in [3.63, 3.8) is 0 Å². The number of carbonyl (C=O) groups excluding carboxylic acids is 2. The molecule has 4 atom stereocenters. The molecule has 0 bridgehead atoms. The summed E-state index contributed by atoms with van der Waals surface area (Å²) in [6.07, 6.45) is 5.23. The van der Waals surface area contributed by atoms with Crippen LogP contribution in [-0.4, -0.2) is 58.8 Å². The number of unbranched alkanes of at least 4 members (excludes halogenated alkanes) is 2. The Kier molecular flexibility index (Phi) is 9.60. The molecule has 1 aliphatic carbocycles. The van der Waals surface area contributed by atoms with Gasteiger partial charge in [0.1, 0.15) is 12.4 Å². The van der Waals surface area contributed by atoms with Crippen LogP contribution in [0.1, 0.15) is 57.4 Å². The fourth-order valence-electron chi connectivity index (χ4n) is 6.63. The summed E-state index contributed by atoms with van der Waals surface area (Å²) in [5, 5.41) is 18.4. The van der Waals surface area contributed by atoms with Crippen LogP contribution >= 0.6 is 0 Å². The molecule has 228 valence electrons. The molecule has 2 aliphatic heterocycles. The number of halogens is 1. The Morgan fingerprint density at radius 3 is 2.60 bits per heavy atom. The van der Waals surface area contributed by atoms with Gasteiger partial charge in [-0.05, 0) is 80.0 Å². The van der Waals surface area contributed by atoms with Gasteiger partial charge in [0.2, 0.25) is 11.8 Å². The second kappa shape index (κ2) is 13.5. The molecule has 5 rings (SSSR count). The van der Waals surface area contributed by atoms with E-state index in [2.05, 4.69) is 0 Å². The van der Waals surface area contributed by atoms with Gasteiger partial charge < -0.3 is 19.7 Å². The highest BCUT2D eigenvalue weighted by Gasteiger charge is 2.56. The smallest absolute Gasteiger partial charge is 0.303 e. The lowest BCUT2D eigenvalue weighted by Crippen LogP contribution is -2.35. The number of carboxylic acids is 1. The van der Waals surface area contributed by atoms with E-state index in [1.165, 1.54) is 17.0 Å². The SMILES string of the molecule is C/C(=C\c1ccc(O)c(F)c1)CC[C@H]1OC[C@H]2C1=C(COc1ccccc1)C[C@H]1C(=O)N(CCCCCC(=O)O)C(=O)[C@H]12. The predicted molar refractivity (Wildman–Crippen MR) is 158 cm³/mol. The van der Waals surface area contributed by atoms with E-state index in [0.29, 0.717) is 63.8 Å². The molecule has 2 aromatic rings. The number of carboxylic acid groups (broad SMARTS) is 1. The minimum Gasteiger partial charge on any atom is -0.505 e. The third kappa shape index (κ3) is 6.99. The van der Waals surface area contributed by atoms with Crippen molar-refractivity contribution in [3.8, 4) is 11.5 Å². The van der Waals surface area contributed by atoms with Crippen LogP contribution in [0.3, 0.4) is 0 Å². The number of amides is 2. The van der Waals surface area contributed by atoms with Gasteiger partial charge >= 0.3 is 5.97 Å². The van der Waals surface area contributed by atoms with Gasteiger partial charge in [0, 0.05) is 18.9 Å². The number of hydrogen-bond acceptors (Lipinski definition) is 6. The number of allylic oxidation sites excluding steroid dienone is 1. The first-order valence-corrected chi connectivity index (χ1v) is 15.0. The molecule has 2 N–H and O–H groups in total. The minimum absolute atomic E-state index is 0.0759. The van der Waals surface area contributed by atoms with Crippen molar-refractivity contribution in [2.24, 2.45) is 17.8 Å². The predicted octanol–water partition coefficient (Wildman–Crippen LogP) is 5.76. The molecule has 9 heteroatoms. The second-order valence-electron chi connectivity index (χ2n) is 11.7. The molecule has 8 nitrogen and oxygen atoms in total. The van der Waals surface area contributed by atoms with Crippen LogP contribution in [0.5, 0.6) is 11.5 Å². The van der Waals surface area contributed by atoms with Gasteiger partial charge in [0.25, 0.3) is 0 Å². The number of carbonyl (C=O) groups is 3. The highest BCUT2D eigenvalue weighted by atomic mass is 19.1. The lowest BCUT2D eigenvalue weighted by molar-refractivity contribution is -0.141. The second-order valence-corrected chi connectivity index (χ2v) is 11.7. The summed E-state index contributed by atoms with van der Waals surface area (Å²) in [5.41, 5.74) is 3.75. The van der Waals surface area contributed by atoms with Gasteiger partial charge in [0.05, 0.1) is 24.5 Å². The molecule has 2 fully saturated rings. The van der Waals surface area contributed by atoms with E-state index < -0.39 is 23.6 Å². The normalized spacial score (nSPS) is 23.5. The number of aliphatic carboxylic acids is 1. The summed E-state index contributed by atoms with van der Waals surface area (Å²) in [5.74, 6) is -2.63. The maximum Gasteiger partial charge on any atom is 0.303 e. The summed E-state index contributed by atoms with van der Waals surface area (Å²) in [7, 11) is 0. The molecule has 0 saturated carbocycles. The van der Waals surface area contributed by atoms with Gasteiger partial charge in [-0.25, -0.2) is 4.39 Å². The zero-order valence-electron chi connectivity index (χ0n) is 24.3. The van der Waals surface area contributed by atoms with Gasteiger partial charge in [0.15, 0.2) is 11.6 Å². The molecule has 0 spiro atoms. The minimum atomic E-state index is -0.848. The average Bonchev–Trinajstić information content (AvgIpc) is 3.51. The third-order valence-corrected chi connectivity index (χ3v) is 8.71. The fraction of sp³-hybridized carbons (Fsp3) is 0.441. The first-order valence-electron chi connectivity index (χ1n) is 15.0. The third-order valence-electron chi connectivity index (χ3n) is 8.71. The lowest BCUT2D eigenvalue weighted by Gasteiger charge is -2.31. The van der Waals surface area contributed by atoms with Crippen molar-refractivity contribution in [2.75, 3.05) is 19.8 Å². The van der Waals surface area contributed by atoms with Crippen LogP contribution in [0, 0.1) is 23.6 Å². The quantitative estimate of drug-likeness (QED) is 0.173. The molecule has 2 aromatic carbocycles. The number of fused-ring (bicyclic) bond motifs is 3. The topological polar surface area (TPSA) is 113 Å². The zero-order chi connectivity index (χ0) is 30.5. The molecule has 2 saturated heterocycles. The van der Waals surface area contributed by atoms with Crippen LogP contribution in [0.2, 0.25) is 0 Å². The van der Waals surface area contributed by atoms with E-state index in [4.69, 9.17) is 14.6 Å². The van der Waals surface area contributed by atoms with Crippen molar-refractivity contribution in [1.82, 2.24) is 4.90 Å². The van der Waals surface area contributed by atoms with E-state index in [1.54, 1.807) is 6.07 Å². The summed E-state index contributed by atoms with van der Waals surface area (Å²) in [4.78, 5) is 39.3. The molecule has 3 aliphatic rings. The number of rotatable bonds is 13. The zero-order valence-corrected chi connectivity index (χ0v) is 24.3. The van der Waals surface area contributed by atoms with E-state index in [-0.39, 0.29) is 36.0 Å². The number of imide groups is 1. The standard InChI is InChI=1S/C34H38FNO7/c1-21(16-22-12-13-28(37)27(35)17-22)11-14-29-31-23(19-42-24-8-4-2-5-9-24)18-25-32(26(31)20-43-29)34(41)36(33(25)40)15-7-3-6-10-30(38)39/h2,4-5,8-9,12-13,16-17,25-26,29,32,37H,3,6-7,10-11,14-15,18-20H2,1H3,(H,38,39)/b21-16+/t25-,26+,29-,32-/m1/s1. The molecule has 2 amide bonds. The number of phenolic OH excluding ortho intramolecular Hbond substituents is 1. The molecule has 43 heavy (non-hydrogen) atoms. The van der Waals surface area contributed by atoms with E-state index in [1.807, 2.05) is 43.3 Å². The van der Waals surface area contributed by atoms with Crippen LogP contribution in [0.4, 0.5) is 4.39 Å². The van der Waals surface area contributed by atoms with Crippen molar-refractivity contribution in [1.29, 1.82) is 0 Å². The number of likely N-dealkylation sites (tertiary alicyclic amines) is 1. The summed E-state index contributed by atoms with van der Waals surface area (Å²) in [6, 6.07) is 13.8. The van der Waals surface area contributed by atoms with Gasteiger partial charge in [-0.15, -0.1) is 0 Å². The maximum absolute atomic E-state index is 13.8. The van der Waals surface area contributed by atoms with Crippen molar-refractivity contribution in [3.05, 3.63) is 76.6 Å². The molecule has 0 aromatic heterocycles. The molecular weight excluding hydrogens is 553 g/mol. The Hall–Kier alpha value is -3.98. The van der Waals surface area contributed by atoms with Gasteiger partial charge in [-0.1, -0.05) is 42.3 Å². The van der Waals surface area contributed by atoms with Crippen LogP contribution in [0.25, 0.3) is 6.08 Å². The van der Waals surface area contributed by atoms with Crippen molar-refractivity contribution >= 4 is 23.9 Å². The van der Waals surface area contributed by atoms with Crippen LogP contribution < -0.4 is 4.74 Å². The molecule has 0 unspecified atom stereocenters. The lowest BCUT2D eigenvalue weighted by atomic mass is 9.69. The Bertz CT molecular complexity index is 1420. The van der Waals surface area contributed by atoms with Gasteiger partial charge in [-0.3, -0.25) is 19.3 Å². The van der Waals surface area contributed by atoms with Crippen molar-refractivity contribution < 1.29 is 38.5 Å². The highest BCUT2D eigenvalue weighted by Crippen LogP contribution is 2.50.